The van der Waals surface area contributed by atoms with E-state index in [0.717, 1.165) is 31.9 Å². The number of rotatable bonds is 2. The standard InChI is InChI=1S/C16H18N4O3/c1-18-7-8-23-15-10-19(9-14(15)18)13-5-4-12(20(21)22)11-3-2-6-17-16(11)13/h2-6,14-15H,7-10H2,1H3. The van der Waals surface area contributed by atoms with Gasteiger partial charge in [-0.05, 0) is 25.2 Å². The van der Waals surface area contributed by atoms with Crippen molar-refractivity contribution in [3.8, 4) is 0 Å². The Kier molecular flexibility index (Phi) is 3.39. The van der Waals surface area contributed by atoms with Crippen molar-refractivity contribution in [2.24, 2.45) is 0 Å². The highest BCUT2D eigenvalue weighted by molar-refractivity contribution is 5.97. The Bertz CT molecular complexity index is 766. The molecule has 2 fully saturated rings. The molecule has 0 bridgehead atoms. The minimum absolute atomic E-state index is 0.0989. The molecule has 0 aliphatic carbocycles. The van der Waals surface area contributed by atoms with E-state index in [2.05, 4.69) is 21.8 Å². The summed E-state index contributed by atoms with van der Waals surface area (Å²) in [6.07, 6.45) is 1.86. The second kappa shape index (κ2) is 5.43. The van der Waals surface area contributed by atoms with Gasteiger partial charge < -0.3 is 9.64 Å². The van der Waals surface area contributed by atoms with E-state index in [1.54, 1.807) is 24.4 Å². The van der Waals surface area contributed by atoms with E-state index in [0.29, 0.717) is 16.9 Å². The summed E-state index contributed by atoms with van der Waals surface area (Å²) in [7, 11) is 2.12. The molecule has 1 aromatic carbocycles. The van der Waals surface area contributed by atoms with Gasteiger partial charge in [-0.1, -0.05) is 0 Å². The molecule has 7 heteroatoms. The molecule has 2 atom stereocenters. The second-order valence-corrected chi connectivity index (χ2v) is 6.12. The number of pyridine rings is 1. The summed E-state index contributed by atoms with van der Waals surface area (Å²) in [5.41, 5.74) is 1.72. The van der Waals surface area contributed by atoms with Crippen LogP contribution in [0.4, 0.5) is 11.4 Å². The first kappa shape index (κ1) is 14.3. The lowest BCUT2D eigenvalue weighted by molar-refractivity contribution is -0.383. The lowest BCUT2D eigenvalue weighted by atomic mass is 10.1. The largest absolute Gasteiger partial charge is 0.373 e. The summed E-state index contributed by atoms with van der Waals surface area (Å²) in [5.74, 6) is 0. The van der Waals surface area contributed by atoms with E-state index in [1.165, 1.54) is 0 Å². The molecule has 0 N–H and O–H groups in total. The third-order valence-electron chi connectivity index (χ3n) is 4.84. The van der Waals surface area contributed by atoms with Crippen LogP contribution in [-0.4, -0.2) is 60.2 Å². The molecule has 2 aliphatic heterocycles. The Labute approximate surface area is 133 Å². The molecule has 0 spiro atoms. The van der Waals surface area contributed by atoms with Crippen molar-refractivity contribution in [3.63, 3.8) is 0 Å². The molecule has 1 aromatic heterocycles. The van der Waals surface area contributed by atoms with Crippen LogP contribution in [0.25, 0.3) is 10.9 Å². The average molecular weight is 314 g/mol. The molecule has 2 aromatic rings. The number of benzene rings is 1. The molecule has 0 amide bonds. The minimum atomic E-state index is -0.353. The Balaban J connectivity index is 1.75. The predicted molar refractivity (Wildman–Crippen MR) is 86.8 cm³/mol. The molecule has 2 aliphatic rings. The van der Waals surface area contributed by atoms with Crippen molar-refractivity contribution in [1.82, 2.24) is 9.88 Å². The van der Waals surface area contributed by atoms with Gasteiger partial charge in [0.05, 0.1) is 34.7 Å². The normalized spacial score (nSPS) is 24.8. The molecular weight excluding hydrogens is 296 g/mol. The smallest absolute Gasteiger partial charge is 0.278 e. The Morgan fingerprint density at radius 2 is 2.22 bits per heavy atom. The first-order valence-corrected chi connectivity index (χ1v) is 7.74. The van der Waals surface area contributed by atoms with Gasteiger partial charge in [0.25, 0.3) is 5.69 Å². The number of nitro groups is 1. The highest BCUT2D eigenvalue weighted by atomic mass is 16.6. The van der Waals surface area contributed by atoms with Crippen molar-refractivity contribution < 1.29 is 9.66 Å². The summed E-state index contributed by atoms with van der Waals surface area (Å²) in [6.45, 7) is 3.34. The van der Waals surface area contributed by atoms with E-state index < -0.39 is 0 Å². The van der Waals surface area contributed by atoms with E-state index in [4.69, 9.17) is 4.74 Å². The zero-order valence-corrected chi connectivity index (χ0v) is 12.9. The number of aromatic nitrogens is 1. The van der Waals surface area contributed by atoms with E-state index in [9.17, 15) is 10.1 Å². The lowest BCUT2D eigenvalue weighted by Crippen LogP contribution is -2.48. The molecular formula is C16H18N4O3. The number of nitro benzene ring substituents is 1. The maximum atomic E-state index is 11.2. The third-order valence-corrected chi connectivity index (χ3v) is 4.84. The molecule has 120 valence electrons. The summed E-state index contributed by atoms with van der Waals surface area (Å²) in [5, 5.41) is 11.8. The van der Waals surface area contributed by atoms with Crippen LogP contribution < -0.4 is 4.90 Å². The number of hydrogen-bond donors (Lipinski definition) is 0. The minimum Gasteiger partial charge on any atom is -0.373 e. The van der Waals surface area contributed by atoms with E-state index in [-0.39, 0.29) is 16.7 Å². The van der Waals surface area contributed by atoms with Crippen LogP contribution in [0.5, 0.6) is 0 Å². The fraction of sp³-hybridized carbons (Fsp3) is 0.438. The zero-order valence-electron chi connectivity index (χ0n) is 12.9. The number of ether oxygens (including phenoxy) is 1. The second-order valence-electron chi connectivity index (χ2n) is 6.12. The topological polar surface area (TPSA) is 71.7 Å². The summed E-state index contributed by atoms with van der Waals surface area (Å²) in [4.78, 5) is 19.8. The summed E-state index contributed by atoms with van der Waals surface area (Å²) in [6, 6.07) is 7.24. The Morgan fingerprint density at radius 3 is 3.00 bits per heavy atom. The number of hydrogen-bond acceptors (Lipinski definition) is 6. The summed E-state index contributed by atoms with van der Waals surface area (Å²) < 4.78 is 5.89. The zero-order chi connectivity index (χ0) is 16.0. The van der Waals surface area contributed by atoms with E-state index >= 15 is 0 Å². The van der Waals surface area contributed by atoms with Crippen molar-refractivity contribution in [2.45, 2.75) is 12.1 Å². The van der Waals surface area contributed by atoms with Crippen LogP contribution in [-0.2, 0) is 4.74 Å². The van der Waals surface area contributed by atoms with Crippen molar-refractivity contribution in [2.75, 3.05) is 38.2 Å². The van der Waals surface area contributed by atoms with Gasteiger partial charge in [0.2, 0.25) is 0 Å². The number of fused-ring (bicyclic) bond motifs is 2. The maximum absolute atomic E-state index is 11.2. The Morgan fingerprint density at radius 1 is 1.35 bits per heavy atom. The van der Waals surface area contributed by atoms with Crippen LogP contribution in [0.1, 0.15) is 0 Å². The molecule has 23 heavy (non-hydrogen) atoms. The molecule has 2 unspecified atom stereocenters. The third kappa shape index (κ3) is 2.32. The van der Waals surface area contributed by atoms with Gasteiger partial charge in [-0.15, -0.1) is 0 Å². The van der Waals surface area contributed by atoms with Crippen molar-refractivity contribution >= 4 is 22.3 Å². The number of morpholine rings is 1. The fourth-order valence-corrected chi connectivity index (χ4v) is 3.61. The van der Waals surface area contributed by atoms with Gasteiger partial charge in [0, 0.05) is 31.9 Å². The molecule has 0 radical (unpaired) electrons. The highest BCUT2D eigenvalue weighted by Crippen LogP contribution is 2.35. The van der Waals surface area contributed by atoms with Gasteiger partial charge >= 0.3 is 0 Å². The lowest BCUT2D eigenvalue weighted by Gasteiger charge is -2.33. The summed E-state index contributed by atoms with van der Waals surface area (Å²) >= 11 is 0. The van der Waals surface area contributed by atoms with Crippen LogP contribution >= 0.6 is 0 Å². The molecule has 7 nitrogen and oxygen atoms in total. The molecule has 3 heterocycles. The van der Waals surface area contributed by atoms with Crippen LogP contribution in [0.2, 0.25) is 0 Å². The predicted octanol–water partition coefficient (Wildman–Crippen LogP) is 1.66. The van der Waals surface area contributed by atoms with Gasteiger partial charge in [-0.25, -0.2) is 0 Å². The molecule has 4 rings (SSSR count). The highest BCUT2D eigenvalue weighted by Gasteiger charge is 2.39. The van der Waals surface area contributed by atoms with Gasteiger partial charge in [-0.3, -0.25) is 20.0 Å². The van der Waals surface area contributed by atoms with Gasteiger partial charge in [0.1, 0.15) is 5.52 Å². The van der Waals surface area contributed by atoms with Crippen molar-refractivity contribution in [1.29, 1.82) is 0 Å². The van der Waals surface area contributed by atoms with Crippen LogP contribution in [0.15, 0.2) is 30.5 Å². The first-order chi connectivity index (χ1) is 11.1. The number of nitrogens with zero attached hydrogens (tertiary/aromatic N) is 4. The molecule has 0 saturated carbocycles. The maximum Gasteiger partial charge on any atom is 0.278 e. The van der Waals surface area contributed by atoms with Crippen LogP contribution in [0.3, 0.4) is 0 Å². The van der Waals surface area contributed by atoms with E-state index in [1.807, 2.05) is 6.07 Å². The number of anilines is 1. The fourth-order valence-electron chi connectivity index (χ4n) is 3.61. The number of likely N-dealkylation sites (N-methyl/N-ethyl adjacent to an activating group) is 1. The monoisotopic (exact) mass is 314 g/mol. The quantitative estimate of drug-likeness (QED) is 0.620. The van der Waals surface area contributed by atoms with Gasteiger partial charge in [-0.2, -0.15) is 0 Å². The number of non-ortho nitro benzene ring substituents is 1. The first-order valence-electron chi connectivity index (χ1n) is 7.74. The molecule has 2 saturated heterocycles. The Hall–Kier alpha value is -2.25. The average Bonchev–Trinajstić information content (AvgIpc) is 2.99. The van der Waals surface area contributed by atoms with Crippen molar-refractivity contribution in [3.05, 3.63) is 40.6 Å². The van der Waals surface area contributed by atoms with Crippen LogP contribution in [0, 0.1) is 10.1 Å². The van der Waals surface area contributed by atoms with Gasteiger partial charge in [0.15, 0.2) is 0 Å². The SMILES string of the molecule is CN1CCOC2CN(c3ccc([N+](=O)[O-])c4cccnc34)CC21.